The monoisotopic (exact) mass is 546 g/mol. The molecule has 4 nitrogen and oxygen atoms in total. The van der Waals surface area contributed by atoms with E-state index in [2.05, 4.69) is 54.6 Å². The highest BCUT2D eigenvalue weighted by Gasteiger charge is 2.56. The van der Waals surface area contributed by atoms with Gasteiger partial charge in [-0.15, -0.1) is 0 Å². The van der Waals surface area contributed by atoms with Gasteiger partial charge in [0.05, 0.1) is 4.90 Å². The second-order valence-corrected chi connectivity index (χ2v) is 20.7. The fraction of sp³-hybridized carbons (Fsp3) is 0.517. The third-order valence-corrected chi connectivity index (χ3v) is 16.1. The molecule has 1 saturated carbocycles. The largest absolute Gasteiger partial charge is 0.544 e. The Balaban J connectivity index is 2.05. The third kappa shape index (κ3) is 6.05. The summed E-state index contributed by atoms with van der Waals surface area (Å²) in [5, 5.41) is 0.0360. The second-order valence-electron chi connectivity index (χ2n) is 12.2. The van der Waals surface area contributed by atoms with Crippen molar-refractivity contribution in [2.24, 2.45) is 5.41 Å². The van der Waals surface area contributed by atoms with E-state index in [1.54, 1.807) is 30.5 Å². The first-order valence-electron chi connectivity index (χ1n) is 12.7. The molecule has 0 aliphatic heterocycles. The van der Waals surface area contributed by atoms with Gasteiger partial charge in [0.1, 0.15) is 18.1 Å². The van der Waals surface area contributed by atoms with Crippen molar-refractivity contribution in [1.82, 2.24) is 0 Å². The maximum Gasteiger partial charge on any atom is 0.250 e. The van der Waals surface area contributed by atoms with Crippen LogP contribution in [0.25, 0.3) is 0 Å². The van der Waals surface area contributed by atoms with Crippen molar-refractivity contribution in [3.8, 4) is 0 Å². The summed E-state index contributed by atoms with van der Waals surface area (Å²) >= 11 is 1.41. The van der Waals surface area contributed by atoms with E-state index in [-0.39, 0.29) is 10.5 Å². The van der Waals surface area contributed by atoms with Crippen molar-refractivity contribution in [2.45, 2.75) is 98.9 Å². The Morgan fingerprint density at radius 2 is 1.53 bits per heavy atom. The van der Waals surface area contributed by atoms with Crippen LogP contribution in [0.4, 0.5) is 0 Å². The van der Waals surface area contributed by atoms with Gasteiger partial charge in [0.25, 0.3) is 0 Å². The Labute approximate surface area is 223 Å². The minimum absolute atomic E-state index is 0.0360. The first kappa shape index (κ1) is 28.9. The molecule has 0 unspecified atom stereocenters. The summed E-state index contributed by atoms with van der Waals surface area (Å²) in [6, 6.07) is 18.6. The Bertz CT molecular complexity index is 1150. The van der Waals surface area contributed by atoms with E-state index in [0.717, 1.165) is 17.1 Å². The molecule has 198 valence electrons. The lowest BCUT2D eigenvalue weighted by Crippen LogP contribution is -2.44. The summed E-state index contributed by atoms with van der Waals surface area (Å²) in [5.41, 5.74) is -0.276. The van der Waals surface area contributed by atoms with E-state index in [0.29, 0.717) is 17.7 Å². The van der Waals surface area contributed by atoms with Crippen molar-refractivity contribution < 1.29 is 17.6 Å². The van der Waals surface area contributed by atoms with Crippen LogP contribution in [-0.2, 0) is 19.0 Å². The molecular weight excluding hydrogens is 505 g/mol. The zero-order valence-electron chi connectivity index (χ0n) is 23.0. The summed E-state index contributed by atoms with van der Waals surface area (Å²) in [4.78, 5) is 1.26. The average Bonchev–Trinajstić information content (AvgIpc) is 3.20. The Hall–Kier alpha value is -1.70. The van der Waals surface area contributed by atoms with Gasteiger partial charge in [-0.05, 0) is 61.7 Å². The second kappa shape index (κ2) is 10.6. The lowest BCUT2D eigenvalue weighted by molar-refractivity contribution is 0.125. The molecule has 2 atom stereocenters. The van der Waals surface area contributed by atoms with Crippen LogP contribution in [0.3, 0.4) is 0 Å². The molecule has 0 heterocycles. The number of hydrogen-bond donors (Lipinski definition) is 0. The molecular formula is C29H42O4S2Si. The SMILES string of the molecule is CC(C)(C)/C(=C/O[C@H]1CCC[C@]1(Sc1ccccc1)S(=O)(=O)c1ccccc1)O[Si](C)(C)C(C)(C)C. The van der Waals surface area contributed by atoms with Gasteiger partial charge in [-0.3, -0.25) is 0 Å². The fourth-order valence-electron chi connectivity index (χ4n) is 3.98. The van der Waals surface area contributed by atoms with Crippen molar-refractivity contribution in [1.29, 1.82) is 0 Å². The van der Waals surface area contributed by atoms with Gasteiger partial charge in [0.15, 0.2) is 13.9 Å². The number of benzene rings is 2. The van der Waals surface area contributed by atoms with Gasteiger partial charge >= 0.3 is 0 Å². The highest BCUT2D eigenvalue weighted by Crippen LogP contribution is 2.53. The van der Waals surface area contributed by atoms with E-state index in [4.69, 9.17) is 9.16 Å². The Morgan fingerprint density at radius 1 is 0.972 bits per heavy atom. The van der Waals surface area contributed by atoms with Crippen LogP contribution in [-0.4, -0.2) is 26.9 Å². The number of thioether (sulfide) groups is 1. The molecule has 1 aliphatic rings. The molecule has 1 fully saturated rings. The molecule has 0 N–H and O–H groups in total. The predicted octanol–water partition coefficient (Wildman–Crippen LogP) is 8.43. The zero-order chi connectivity index (χ0) is 26.8. The molecule has 36 heavy (non-hydrogen) atoms. The van der Waals surface area contributed by atoms with Crippen LogP contribution >= 0.6 is 11.8 Å². The number of ether oxygens (including phenoxy) is 1. The lowest BCUT2D eigenvalue weighted by atomic mass is 9.95. The van der Waals surface area contributed by atoms with Gasteiger partial charge in [-0.1, -0.05) is 89.7 Å². The standard InChI is InChI=1S/C29H42O4S2Si/c1-27(2,3)26(33-36(7,8)28(4,5)6)22-32-25-20-15-21-29(25,34-23-16-11-9-12-17-23)35(30,31)24-18-13-10-14-19-24/h9-14,16-19,22,25H,15,20-21H2,1-8H3/b26-22-/t25-,29-/m0/s1. The van der Waals surface area contributed by atoms with E-state index in [1.165, 1.54) is 11.8 Å². The van der Waals surface area contributed by atoms with Crippen molar-refractivity contribution in [3.63, 3.8) is 0 Å². The van der Waals surface area contributed by atoms with Crippen molar-refractivity contribution in [3.05, 3.63) is 72.7 Å². The number of sulfone groups is 1. The minimum atomic E-state index is -3.71. The van der Waals surface area contributed by atoms with E-state index < -0.39 is 28.3 Å². The van der Waals surface area contributed by atoms with E-state index >= 15 is 0 Å². The fourth-order valence-corrected chi connectivity index (χ4v) is 9.30. The molecule has 0 spiro atoms. The van der Waals surface area contributed by atoms with Crippen LogP contribution in [0.1, 0.15) is 60.8 Å². The first-order chi connectivity index (χ1) is 16.6. The van der Waals surface area contributed by atoms with Gasteiger partial charge in [-0.25, -0.2) is 8.42 Å². The maximum atomic E-state index is 14.2. The number of hydrogen-bond acceptors (Lipinski definition) is 5. The maximum absolute atomic E-state index is 14.2. The van der Waals surface area contributed by atoms with Crippen LogP contribution in [0.15, 0.2) is 82.5 Å². The molecule has 3 rings (SSSR count). The summed E-state index contributed by atoms with van der Waals surface area (Å²) in [6.45, 7) is 17.4. The normalized spacial score (nSPS) is 21.9. The zero-order valence-corrected chi connectivity index (χ0v) is 25.6. The molecule has 0 aromatic heterocycles. The van der Waals surface area contributed by atoms with E-state index in [9.17, 15) is 8.42 Å². The van der Waals surface area contributed by atoms with Gasteiger partial charge < -0.3 is 9.16 Å². The minimum Gasteiger partial charge on any atom is -0.544 e. The number of allylic oxidation sites excluding steroid dienone is 1. The quantitative estimate of drug-likeness (QED) is 0.246. The smallest absolute Gasteiger partial charge is 0.250 e. The summed E-state index contributed by atoms with van der Waals surface area (Å²) in [7, 11) is -5.83. The summed E-state index contributed by atoms with van der Waals surface area (Å²) < 4.78 is 40.5. The highest BCUT2D eigenvalue weighted by molar-refractivity contribution is 8.14. The van der Waals surface area contributed by atoms with Crippen LogP contribution in [0, 0.1) is 5.41 Å². The molecule has 0 amide bonds. The number of rotatable bonds is 8. The Morgan fingerprint density at radius 3 is 2.06 bits per heavy atom. The summed E-state index contributed by atoms with van der Waals surface area (Å²) in [5.74, 6) is 0.775. The van der Waals surface area contributed by atoms with Gasteiger partial charge in [0, 0.05) is 10.3 Å². The molecule has 0 saturated heterocycles. The molecule has 0 bridgehead atoms. The van der Waals surface area contributed by atoms with E-state index in [1.807, 2.05) is 36.4 Å². The topological polar surface area (TPSA) is 52.6 Å². The van der Waals surface area contributed by atoms with Crippen LogP contribution in [0.5, 0.6) is 0 Å². The molecule has 0 radical (unpaired) electrons. The highest BCUT2D eigenvalue weighted by atomic mass is 32.3. The van der Waals surface area contributed by atoms with Crippen LogP contribution < -0.4 is 0 Å². The average molecular weight is 547 g/mol. The van der Waals surface area contributed by atoms with Crippen molar-refractivity contribution >= 4 is 29.9 Å². The van der Waals surface area contributed by atoms with Crippen molar-refractivity contribution in [2.75, 3.05) is 0 Å². The molecule has 2 aromatic rings. The Kier molecular flexibility index (Phi) is 8.48. The van der Waals surface area contributed by atoms with Crippen LogP contribution in [0.2, 0.25) is 18.1 Å². The predicted molar refractivity (Wildman–Crippen MR) is 153 cm³/mol. The van der Waals surface area contributed by atoms with Gasteiger partial charge in [0.2, 0.25) is 8.32 Å². The summed E-state index contributed by atoms with van der Waals surface area (Å²) in [6.07, 6.45) is 3.18. The molecule has 7 heteroatoms. The molecule has 2 aromatic carbocycles. The third-order valence-electron chi connectivity index (χ3n) is 7.27. The molecule has 1 aliphatic carbocycles. The van der Waals surface area contributed by atoms with Gasteiger partial charge in [-0.2, -0.15) is 0 Å². The first-order valence-corrected chi connectivity index (χ1v) is 17.9. The lowest BCUT2D eigenvalue weighted by Gasteiger charge is -2.40.